The average Bonchev–Trinajstić information content (AvgIpc) is 2.63. The van der Waals surface area contributed by atoms with Crippen LogP contribution in [-0.2, 0) is 16.0 Å². The highest BCUT2D eigenvalue weighted by atomic mass is 35.5. The molecule has 0 aliphatic carbocycles. The lowest BCUT2D eigenvalue weighted by Gasteiger charge is -2.11. The van der Waals surface area contributed by atoms with Crippen molar-refractivity contribution in [2.45, 2.75) is 6.42 Å². The van der Waals surface area contributed by atoms with Crippen molar-refractivity contribution >= 4 is 29.2 Å². The lowest BCUT2D eigenvalue weighted by molar-refractivity contribution is -0.124. The maximum absolute atomic E-state index is 13.5. The van der Waals surface area contributed by atoms with E-state index in [-0.39, 0.29) is 34.4 Å². The summed E-state index contributed by atoms with van der Waals surface area (Å²) < 4.78 is 23.5. The maximum atomic E-state index is 13.5. The van der Waals surface area contributed by atoms with Crippen LogP contribution in [0.4, 0.5) is 10.1 Å². The molecule has 0 atom stereocenters. The molecular formula is C18H18ClFN2O4. The summed E-state index contributed by atoms with van der Waals surface area (Å²) in [4.78, 5) is 23.9. The summed E-state index contributed by atoms with van der Waals surface area (Å²) in [5, 5.41) is 2.73. The van der Waals surface area contributed by atoms with Crippen molar-refractivity contribution in [2.75, 3.05) is 26.0 Å². The molecule has 0 bridgehead atoms. The molecule has 0 heterocycles. The fourth-order valence-corrected chi connectivity index (χ4v) is 2.36. The molecule has 0 saturated carbocycles. The summed E-state index contributed by atoms with van der Waals surface area (Å²) in [5.41, 5.74) is 6.45. The predicted octanol–water partition coefficient (Wildman–Crippen LogP) is 2.59. The van der Waals surface area contributed by atoms with Crippen LogP contribution in [-0.4, -0.2) is 32.1 Å². The van der Waals surface area contributed by atoms with E-state index in [4.69, 9.17) is 26.8 Å². The fraction of sp³-hybridized carbons (Fsp3) is 0.222. The van der Waals surface area contributed by atoms with Gasteiger partial charge in [0.05, 0.1) is 17.8 Å². The van der Waals surface area contributed by atoms with Crippen LogP contribution in [0, 0.1) is 5.82 Å². The second-order valence-electron chi connectivity index (χ2n) is 5.34. The third kappa shape index (κ3) is 5.10. The number of rotatable bonds is 7. The van der Waals surface area contributed by atoms with Crippen LogP contribution in [0.3, 0.4) is 0 Å². The van der Waals surface area contributed by atoms with Crippen LogP contribution in [0.2, 0.25) is 5.02 Å². The zero-order valence-electron chi connectivity index (χ0n) is 14.1. The van der Waals surface area contributed by atoms with Gasteiger partial charge in [-0.3, -0.25) is 4.79 Å². The first-order chi connectivity index (χ1) is 12.4. The summed E-state index contributed by atoms with van der Waals surface area (Å²) in [5.74, 6) is -1.42. The minimum atomic E-state index is -0.770. The number of carbonyl (C=O) groups is 2. The van der Waals surface area contributed by atoms with E-state index in [1.54, 1.807) is 18.2 Å². The number of nitrogens with one attached hydrogen (secondary N) is 1. The van der Waals surface area contributed by atoms with Gasteiger partial charge in [0.15, 0.2) is 6.61 Å². The molecule has 8 heteroatoms. The summed E-state index contributed by atoms with van der Waals surface area (Å²) in [7, 11) is 1.37. The van der Waals surface area contributed by atoms with E-state index in [0.717, 1.165) is 0 Å². The van der Waals surface area contributed by atoms with Crippen LogP contribution >= 0.6 is 11.6 Å². The quantitative estimate of drug-likeness (QED) is 0.569. The number of halogens is 2. The van der Waals surface area contributed by atoms with E-state index in [1.165, 1.54) is 25.3 Å². The Morgan fingerprint density at radius 3 is 2.69 bits per heavy atom. The maximum Gasteiger partial charge on any atom is 0.342 e. The molecule has 1 amide bonds. The Kier molecular flexibility index (Phi) is 6.80. The van der Waals surface area contributed by atoms with Crippen LogP contribution in [0.1, 0.15) is 15.9 Å². The van der Waals surface area contributed by atoms with Crippen molar-refractivity contribution in [2.24, 2.45) is 0 Å². The van der Waals surface area contributed by atoms with Gasteiger partial charge in [-0.2, -0.15) is 0 Å². The van der Waals surface area contributed by atoms with E-state index in [1.807, 2.05) is 0 Å². The highest BCUT2D eigenvalue weighted by molar-refractivity contribution is 6.33. The van der Waals surface area contributed by atoms with Gasteiger partial charge in [0, 0.05) is 12.6 Å². The zero-order valence-corrected chi connectivity index (χ0v) is 14.8. The Labute approximate surface area is 155 Å². The molecule has 0 aliphatic heterocycles. The van der Waals surface area contributed by atoms with Crippen molar-refractivity contribution in [3.63, 3.8) is 0 Å². The predicted molar refractivity (Wildman–Crippen MR) is 95.8 cm³/mol. The van der Waals surface area contributed by atoms with Crippen LogP contribution < -0.4 is 15.8 Å². The van der Waals surface area contributed by atoms with E-state index < -0.39 is 18.5 Å². The van der Waals surface area contributed by atoms with E-state index in [0.29, 0.717) is 12.0 Å². The van der Waals surface area contributed by atoms with Crippen molar-refractivity contribution in [3.8, 4) is 5.75 Å². The Morgan fingerprint density at radius 2 is 2.00 bits per heavy atom. The number of hydrogen-bond donors (Lipinski definition) is 2. The first-order valence-electron chi connectivity index (χ1n) is 7.72. The third-order valence-corrected chi connectivity index (χ3v) is 3.87. The van der Waals surface area contributed by atoms with Crippen molar-refractivity contribution < 1.29 is 23.5 Å². The first-order valence-corrected chi connectivity index (χ1v) is 8.10. The Balaban J connectivity index is 1.84. The molecule has 0 unspecified atom stereocenters. The average molecular weight is 381 g/mol. The standard InChI is InChI=1S/C18H18ClFN2O4/c1-25-16-9-15(21)13(19)8-12(16)18(24)26-10-17(23)22-7-6-11-4-2-3-5-14(11)20/h2-5,8-9H,6-7,10,21H2,1H3,(H,22,23). The van der Waals surface area contributed by atoms with Crippen LogP contribution in [0.25, 0.3) is 0 Å². The molecule has 0 saturated heterocycles. The number of methoxy groups -OCH3 is 1. The SMILES string of the molecule is COc1cc(N)c(Cl)cc1C(=O)OCC(=O)NCCc1ccccc1F. The van der Waals surface area contributed by atoms with Gasteiger partial charge >= 0.3 is 5.97 Å². The van der Waals surface area contributed by atoms with Gasteiger partial charge in [0.1, 0.15) is 17.1 Å². The Hall–Kier alpha value is -2.80. The molecule has 0 radical (unpaired) electrons. The largest absolute Gasteiger partial charge is 0.496 e. The fourth-order valence-electron chi connectivity index (χ4n) is 2.20. The molecule has 2 aromatic rings. The topological polar surface area (TPSA) is 90.7 Å². The lowest BCUT2D eigenvalue weighted by Crippen LogP contribution is -2.30. The summed E-state index contributed by atoms with van der Waals surface area (Å²) >= 11 is 5.89. The van der Waals surface area contributed by atoms with Gasteiger partial charge in [-0.25, -0.2) is 9.18 Å². The number of hydrogen-bond acceptors (Lipinski definition) is 5. The Bertz CT molecular complexity index is 814. The molecule has 138 valence electrons. The second-order valence-corrected chi connectivity index (χ2v) is 5.75. The molecule has 2 aromatic carbocycles. The molecule has 0 aromatic heterocycles. The number of amides is 1. The van der Waals surface area contributed by atoms with Crippen molar-refractivity contribution in [1.29, 1.82) is 0 Å². The van der Waals surface area contributed by atoms with Crippen LogP contribution in [0.15, 0.2) is 36.4 Å². The van der Waals surface area contributed by atoms with Crippen molar-refractivity contribution in [1.82, 2.24) is 5.32 Å². The molecule has 6 nitrogen and oxygen atoms in total. The summed E-state index contributed by atoms with van der Waals surface area (Å²) in [6, 6.07) is 9.01. The van der Waals surface area contributed by atoms with Gasteiger partial charge in [0.2, 0.25) is 0 Å². The number of benzene rings is 2. The molecule has 0 spiro atoms. The second kappa shape index (κ2) is 9.05. The summed E-state index contributed by atoms with van der Waals surface area (Å²) in [6.45, 7) is -0.268. The number of esters is 1. The van der Waals surface area contributed by atoms with E-state index in [2.05, 4.69) is 5.32 Å². The number of carbonyl (C=O) groups excluding carboxylic acids is 2. The molecule has 26 heavy (non-hydrogen) atoms. The first kappa shape index (κ1) is 19.5. The van der Waals surface area contributed by atoms with Crippen LogP contribution in [0.5, 0.6) is 5.75 Å². The minimum Gasteiger partial charge on any atom is -0.496 e. The molecule has 0 aliphatic rings. The van der Waals surface area contributed by atoms with Gasteiger partial charge in [-0.15, -0.1) is 0 Å². The third-order valence-electron chi connectivity index (χ3n) is 3.55. The van der Waals surface area contributed by atoms with Gasteiger partial charge in [-0.1, -0.05) is 29.8 Å². The molecular weight excluding hydrogens is 363 g/mol. The minimum absolute atomic E-state index is 0.0610. The molecule has 0 fully saturated rings. The smallest absolute Gasteiger partial charge is 0.342 e. The molecule has 3 N–H and O–H groups in total. The monoisotopic (exact) mass is 380 g/mol. The number of nitrogens with two attached hydrogens (primary N) is 1. The van der Waals surface area contributed by atoms with Crippen molar-refractivity contribution in [3.05, 3.63) is 58.4 Å². The Morgan fingerprint density at radius 1 is 1.27 bits per heavy atom. The molecule has 2 rings (SSSR count). The highest BCUT2D eigenvalue weighted by Gasteiger charge is 2.17. The van der Waals surface area contributed by atoms with E-state index >= 15 is 0 Å². The number of anilines is 1. The highest BCUT2D eigenvalue weighted by Crippen LogP contribution is 2.29. The van der Waals surface area contributed by atoms with Gasteiger partial charge in [0.25, 0.3) is 5.91 Å². The number of nitrogen functional groups attached to an aromatic ring is 1. The zero-order chi connectivity index (χ0) is 19.1. The summed E-state index contributed by atoms with van der Waals surface area (Å²) in [6.07, 6.45) is 0.327. The normalized spacial score (nSPS) is 10.3. The van der Waals surface area contributed by atoms with Gasteiger partial charge in [-0.05, 0) is 24.1 Å². The number of ether oxygens (including phenoxy) is 2. The van der Waals surface area contributed by atoms with Gasteiger partial charge < -0.3 is 20.5 Å². The van der Waals surface area contributed by atoms with E-state index in [9.17, 15) is 14.0 Å². The lowest BCUT2D eigenvalue weighted by atomic mass is 10.1.